The number of nitrogens with one attached hydrogen (secondary N) is 2. The third-order valence-electron chi connectivity index (χ3n) is 4.16. The van der Waals surface area contributed by atoms with E-state index in [1.807, 2.05) is 48.7 Å². The molecular weight excluding hydrogens is 314 g/mol. The van der Waals surface area contributed by atoms with Crippen molar-refractivity contribution in [3.8, 4) is 0 Å². The smallest absolute Gasteiger partial charge is 0.185 e. The fraction of sp³-hybridized carbons (Fsp3) is 0. The fourth-order valence-corrected chi connectivity index (χ4v) is 2.97. The molecule has 3 aromatic heterocycles. The zero-order valence-corrected chi connectivity index (χ0v) is 13.1. The highest BCUT2D eigenvalue weighted by Crippen LogP contribution is 2.24. The fourth-order valence-electron chi connectivity index (χ4n) is 2.97. The molecule has 7 nitrogen and oxygen atoms in total. The Labute approximate surface area is 142 Å². The van der Waals surface area contributed by atoms with Crippen molar-refractivity contribution in [2.45, 2.75) is 0 Å². The molecule has 0 bridgehead atoms. The van der Waals surface area contributed by atoms with Gasteiger partial charge in [-0.25, -0.2) is 0 Å². The summed E-state index contributed by atoms with van der Waals surface area (Å²) >= 11 is 0. The average Bonchev–Trinajstić information content (AvgIpc) is 3.29. The van der Waals surface area contributed by atoms with Crippen molar-refractivity contribution < 1.29 is 0 Å². The van der Waals surface area contributed by atoms with Gasteiger partial charge in [-0.1, -0.05) is 42.5 Å². The molecule has 0 saturated heterocycles. The molecule has 0 radical (unpaired) electrons. The van der Waals surface area contributed by atoms with Gasteiger partial charge in [0.05, 0.1) is 6.21 Å². The summed E-state index contributed by atoms with van der Waals surface area (Å²) in [4.78, 5) is 3.23. The summed E-state index contributed by atoms with van der Waals surface area (Å²) in [6.45, 7) is 0. The topological polar surface area (TPSA) is 83.3 Å². The van der Waals surface area contributed by atoms with Crippen molar-refractivity contribution in [3.05, 3.63) is 66.6 Å². The minimum absolute atomic E-state index is 0.652. The van der Waals surface area contributed by atoms with Gasteiger partial charge in [0.1, 0.15) is 6.33 Å². The number of aromatic nitrogens is 5. The number of nitrogens with zero attached hydrogens (tertiary/aromatic N) is 5. The summed E-state index contributed by atoms with van der Waals surface area (Å²) in [7, 11) is 0. The van der Waals surface area contributed by atoms with E-state index in [1.165, 1.54) is 0 Å². The Kier molecular flexibility index (Phi) is 2.96. The molecule has 25 heavy (non-hydrogen) atoms. The molecule has 0 amide bonds. The standard InChI is InChI=1S/C18H13N7/c1-2-7-15-14(6-1)17(24-25-11-21-23-18(15)25)22-20-10-12-9-19-16-8-4-3-5-13(12)16/h1-11,19H,(H,22,24). The predicted molar refractivity (Wildman–Crippen MR) is 97.8 cm³/mol. The van der Waals surface area contributed by atoms with E-state index in [0.717, 1.165) is 32.9 Å². The zero-order valence-electron chi connectivity index (χ0n) is 13.1. The van der Waals surface area contributed by atoms with Crippen LogP contribution >= 0.6 is 0 Å². The van der Waals surface area contributed by atoms with Crippen LogP contribution in [0.15, 0.2) is 66.2 Å². The van der Waals surface area contributed by atoms with E-state index in [1.54, 1.807) is 17.1 Å². The minimum atomic E-state index is 0.652. The lowest BCUT2D eigenvalue weighted by Gasteiger charge is -2.05. The molecule has 0 atom stereocenters. The lowest BCUT2D eigenvalue weighted by atomic mass is 10.2. The molecule has 5 rings (SSSR count). The maximum absolute atomic E-state index is 4.50. The molecule has 0 spiro atoms. The average molecular weight is 327 g/mol. The molecule has 0 unspecified atom stereocenters. The molecule has 0 fully saturated rings. The SMILES string of the molecule is C(=NNc1nn2cnnc2c2ccccc12)c1c[nH]c2ccccc12. The molecule has 7 heteroatoms. The van der Waals surface area contributed by atoms with Gasteiger partial charge < -0.3 is 4.98 Å². The van der Waals surface area contributed by atoms with Crippen LogP contribution < -0.4 is 5.43 Å². The van der Waals surface area contributed by atoms with Crippen molar-refractivity contribution in [1.82, 2.24) is 24.8 Å². The number of hydrazone groups is 1. The molecule has 0 aliphatic carbocycles. The first kappa shape index (κ1) is 13.7. The largest absolute Gasteiger partial charge is 0.361 e. The van der Waals surface area contributed by atoms with Crippen LogP contribution in [0.1, 0.15) is 5.56 Å². The van der Waals surface area contributed by atoms with Gasteiger partial charge in [0.25, 0.3) is 0 Å². The van der Waals surface area contributed by atoms with E-state index >= 15 is 0 Å². The van der Waals surface area contributed by atoms with E-state index < -0.39 is 0 Å². The highest BCUT2D eigenvalue weighted by molar-refractivity contribution is 6.01. The summed E-state index contributed by atoms with van der Waals surface area (Å²) in [6.07, 6.45) is 5.30. The number of H-pyrrole nitrogens is 1. The molecule has 0 aliphatic rings. The van der Waals surface area contributed by atoms with Gasteiger partial charge in [0.15, 0.2) is 11.5 Å². The van der Waals surface area contributed by atoms with Crippen molar-refractivity contribution >= 4 is 39.4 Å². The molecule has 0 aliphatic heterocycles. The van der Waals surface area contributed by atoms with Gasteiger partial charge in [0.2, 0.25) is 0 Å². The number of aromatic amines is 1. The third kappa shape index (κ3) is 2.21. The van der Waals surface area contributed by atoms with Crippen molar-refractivity contribution in [1.29, 1.82) is 0 Å². The Morgan fingerprint density at radius 3 is 2.72 bits per heavy atom. The number of anilines is 1. The van der Waals surface area contributed by atoms with E-state index in [0.29, 0.717) is 5.82 Å². The Bertz CT molecular complexity index is 1230. The second kappa shape index (κ2) is 5.41. The Morgan fingerprint density at radius 1 is 1.00 bits per heavy atom. The Morgan fingerprint density at radius 2 is 1.80 bits per heavy atom. The van der Waals surface area contributed by atoms with E-state index in [9.17, 15) is 0 Å². The summed E-state index contributed by atoms with van der Waals surface area (Å²) in [6, 6.07) is 16.0. The van der Waals surface area contributed by atoms with Crippen LogP contribution in [0.2, 0.25) is 0 Å². The number of benzene rings is 2. The summed E-state index contributed by atoms with van der Waals surface area (Å²) in [5.41, 5.74) is 5.86. The monoisotopic (exact) mass is 327 g/mol. The van der Waals surface area contributed by atoms with Crippen LogP contribution in [-0.4, -0.2) is 31.0 Å². The highest BCUT2D eigenvalue weighted by Gasteiger charge is 2.09. The van der Waals surface area contributed by atoms with Gasteiger partial charge in [0, 0.05) is 33.4 Å². The normalized spacial score (nSPS) is 11.8. The second-order valence-electron chi connectivity index (χ2n) is 5.65. The van der Waals surface area contributed by atoms with Crippen molar-refractivity contribution in [2.75, 3.05) is 5.43 Å². The van der Waals surface area contributed by atoms with Crippen LogP contribution in [-0.2, 0) is 0 Å². The van der Waals surface area contributed by atoms with E-state index in [-0.39, 0.29) is 0 Å². The molecule has 5 aromatic rings. The second-order valence-corrected chi connectivity index (χ2v) is 5.65. The predicted octanol–water partition coefficient (Wildman–Crippen LogP) is 3.20. The molecule has 0 saturated carbocycles. The minimum Gasteiger partial charge on any atom is -0.361 e. The summed E-state index contributed by atoms with van der Waals surface area (Å²) < 4.78 is 1.64. The van der Waals surface area contributed by atoms with Gasteiger partial charge in [-0.05, 0) is 6.07 Å². The maximum atomic E-state index is 4.50. The first-order valence-electron chi connectivity index (χ1n) is 7.84. The zero-order chi connectivity index (χ0) is 16.6. The number of para-hydroxylation sites is 1. The molecular formula is C18H13N7. The van der Waals surface area contributed by atoms with Crippen molar-refractivity contribution in [2.24, 2.45) is 5.10 Å². The molecule has 2 N–H and O–H groups in total. The van der Waals surface area contributed by atoms with Gasteiger partial charge in [-0.3, -0.25) is 5.43 Å². The number of hydrogen-bond acceptors (Lipinski definition) is 5. The molecule has 120 valence electrons. The van der Waals surface area contributed by atoms with Gasteiger partial charge >= 0.3 is 0 Å². The molecule has 3 heterocycles. The van der Waals surface area contributed by atoms with E-state index in [4.69, 9.17) is 0 Å². The summed E-state index contributed by atoms with van der Waals surface area (Å²) in [5.74, 6) is 0.652. The Hall–Kier alpha value is -3.74. The van der Waals surface area contributed by atoms with Gasteiger partial charge in [-0.2, -0.15) is 9.62 Å². The van der Waals surface area contributed by atoms with Crippen LogP contribution in [0, 0.1) is 0 Å². The van der Waals surface area contributed by atoms with Crippen molar-refractivity contribution in [3.63, 3.8) is 0 Å². The lowest BCUT2D eigenvalue weighted by molar-refractivity contribution is 0.934. The van der Waals surface area contributed by atoms with Gasteiger partial charge in [-0.15, -0.1) is 15.3 Å². The van der Waals surface area contributed by atoms with E-state index in [2.05, 4.69) is 36.9 Å². The third-order valence-corrected chi connectivity index (χ3v) is 4.16. The highest BCUT2D eigenvalue weighted by atomic mass is 15.4. The molecule has 2 aromatic carbocycles. The number of hydrogen-bond donors (Lipinski definition) is 2. The number of rotatable bonds is 3. The van der Waals surface area contributed by atoms with Crippen LogP contribution in [0.4, 0.5) is 5.82 Å². The Balaban J connectivity index is 1.55. The van der Waals surface area contributed by atoms with Crippen LogP contribution in [0.3, 0.4) is 0 Å². The summed E-state index contributed by atoms with van der Waals surface area (Å²) in [5, 5.41) is 20.0. The number of fused-ring (bicyclic) bond motifs is 4. The first-order valence-corrected chi connectivity index (χ1v) is 7.84. The first-order chi connectivity index (χ1) is 12.4. The maximum Gasteiger partial charge on any atom is 0.185 e. The lowest BCUT2D eigenvalue weighted by Crippen LogP contribution is -2.00. The van der Waals surface area contributed by atoms with Crippen LogP contribution in [0.5, 0.6) is 0 Å². The quantitative estimate of drug-likeness (QED) is 0.394. The van der Waals surface area contributed by atoms with Crippen LogP contribution in [0.25, 0.3) is 27.3 Å².